The number of para-hydroxylation sites is 2. The predicted molar refractivity (Wildman–Crippen MR) is 99.5 cm³/mol. The van der Waals surface area contributed by atoms with Crippen molar-refractivity contribution in [2.24, 2.45) is 5.10 Å². The zero-order chi connectivity index (χ0) is 18.7. The third-order valence-electron chi connectivity index (χ3n) is 4.09. The fourth-order valence-corrected chi connectivity index (χ4v) is 2.71. The van der Waals surface area contributed by atoms with E-state index in [9.17, 15) is 9.90 Å². The van der Waals surface area contributed by atoms with Crippen molar-refractivity contribution >= 4 is 22.7 Å². The largest absolute Gasteiger partial charge is 0.507 e. The van der Waals surface area contributed by atoms with Gasteiger partial charge in [0.1, 0.15) is 23.9 Å². The zero-order valence-corrected chi connectivity index (χ0v) is 14.9. The van der Waals surface area contributed by atoms with Gasteiger partial charge in [-0.3, -0.25) is 4.79 Å². The van der Waals surface area contributed by atoms with Gasteiger partial charge in [-0.15, -0.1) is 0 Å². The Labute approximate surface area is 150 Å². The van der Waals surface area contributed by atoms with Gasteiger partial charge in [0.2, 0.25) is 0 Å². The molecule has 26 heavy (non-hydrogen) atoms. The second kappa shape index (κ2) is 7.26. The molecular formula is C19H20N4O3. The molecule has 0 unspecified atom stereocenters. The fourth-order valence-electron chi connectivity index (χ4n) is 2.71. The molecule has 1 heterocycles. The van der Waals surface area contributed by atoms with E-state index in [1.807, 2.05) is 35.8 Å². The van der Waals surface area contributed by atoms with Crippen LogP contribution in [0.5, 0.6) is 11.5 Å². The van der Waals surface area contributed by atoms with Gasteiger partial charge in [0.15, 0.2) is 0 Å². The number of carbonyl (C=O) groups is 1. The molecule has 3 rings (SSSR count). The minimum atomic E-state index is -0.280. The van der Waals surface area contributed by atoms with E-state index in [0.717, 1.165) is 16.9 Å². The van der Waals surface area contributed by atoms with Gasteiger partial charge in [0, 0.05) is 5.56 Å². The number of fused-ring (bicyclic) bond motifs is 1. The van der Waals surface area contributed by atoms with Crippen LogP contribution < -0.4 is 10.2 Å². The van der Waals surface area contributed by atoms with Gasteiger partial charge in [-0.25, -0.2) is 10.4 Å². The fraction of sp³-hybridized carbons (Fsp3) is 0.211. The van der Waals surface area contributed by atoms with E-state index in [4.69, 9.17) is 4.74 Å². The highest BCUT2D eigenvalue weighted by atomic mass is 16.5. The molecule has 0 bridgehead atoms. The van der Waals surface area contributed by atoms with Crippen molar-refractivity contribution in [1.82, 2.24) is 15.0 Å². The summed E-state index contributed by atoms with van der Waals surface area (Å²) in [6.45, 7) is 3.66. The Morgan fingerprint density at radius 1 is 1.31 bits per heavy atom. The SMILES string of the molecule is COc1ccc(O)c(/C(C)=N/NC(=O)Cn2c(C)nc3ccccc32)c1. The highest BCUT2D eigenvalue weighted by Gasteiger charge is 2.11. The molecule has 7 heteroatoms. The molecule has 0 atom stereocenters. The molecule has 0 aliphatic heterocycles. The highest BCUT2D eigenvalue weighted by Crippen LogP contribution is 2.23. The maximum atomic E-state index is 12.3. The van der Waals surface area contributed by atoms with E-state index in [1.165, 1.54) is 6.07 Å². The number of imidazole rings is 1. The lowest BCUT2D eigenvalue weighted by Crippen LogP contribution is -2.24. The number of nitrogens with zero attached hydrogens (tertiary/aromatic N) is 3. The van der Waals surface area contributed by atoms with Crippen molar-refractivity contribution in [3.63, 3.8) is 0 Å². The van der Waals surface area contributed by atoms with Crippen LogP contribution in [-0.2, 0) is 11.3 Å². The molecule has 7 nitrogen and oxygen atoms in total. The minimum Gasteiger partial charge on any atom is -0.507 e. The van der Waals surface area contributed by atoms with Gasteiger partial charge >= 0.3 is 0 Å². The van der Waals surface area contributed by atoms with E-state index >= 15 is 0 Å². The maximum Gasteiger partial charge on any atom is 0.260 e. The van der Waals surface area contributed by atoms with Crippen LogP contribution in [0, 0.1) is 6.92 Å². The smallest absolute Gasteiger partial charge is 0.260 e. The molecule has 0 saturated heterocycles. The lowest BCUT2D eigenvalue weighted by molar-refractivity contribution is -0.121. The number of amides is 1. The molecule has 1 aromatic heterocycles. The Bertz CT molecular complexity index is 992. The van der Waals surface area contributed by atoms with E-state index in [-0.39, 0.29) is 18.2 Å². The highest BCUT2D eigenvalue weighted by molar-refractivity contribution is 6.01. The topological polar surface area (TPSA) is 88.7 Å². The van der Waals surface area contributed by atoms with Gasteiger partial charge in [-0.2, -0.15) is 5.10 Å². The normalized spacial score (nSPS) is 11.6. The van der Waals surface area contributed by atoms with Crippen molar-refractivity contribution in [2.75, 3.05) is 7.11 Å². The van der Waals surface area contributed by atoms with Crippen LogP contribution in [0.4, 0.5) is 0 Å². The number of aromatic hydroxyl groups is 1. The van der Waals surface area contributed by atoms with Crippen LogP contribution in [-0.4, -0.2) is 33.4 Å². The third-order valence-corrected chi connectivity index (χ3v) is 4.09. The molecular weight excluding hydrogens is 332 g/mol. The van der Waals surface area contributed by atoms with Gasteiger partial charge in [-0.1, -0.05) is 12.1 Å². The molecule has 0 aliphatic rings. The van der Waals surface area contributed by atoms with Gasteiger partial charge in [-0.05, 0) is 44.2 Å². The van der Waals surface area contributed by atoms with E-state index in [2.05, 4.69) is 15.5 Å². The molecule has 0 fully saturated rings. The van der Waals surface area contributed by atoms with Gasteiger partial charge in [0.25, 0.3) is 5.91 Å². The summed E-state index contributed by atoms with van der Waals surface area (Å²) in [5, 5.41) is 14.1. The number of hydrazone groups is 1. The Balaban J connectivity index is 1.76. The lowest BCUT2D eigenvalue weighted by Gasteiger charge is -2.08. The second-order valence-electron chi connectivity index (χ2n) is 5.85. The first-order valence-electron chi connectivity index (χ1n) is 8.12. The third kappa shape index (κ3) is 3.51. The summed E-state index contributed by atoms with van der Waals surface area (Å²) >= 11 is 0. The molecule has 2 aromatic carbocycles. The Morgan fingerprint density at radius 2 is 2.08 bits per heavy atom. The number of phenolic OH excluding ortho intramolecular Hbond substituents is 1. The summed E-state index contributed by atoms with van der Waals surface area (Å²) in [5.41, 5.74) is 5.23. The summed E-state index contributed by atoms with van der Waals surface area (Å²) < 4.78 is 6.98. The van der Waals surface area contributed by atoms with Crippen LogP contribution in [0.25, 0.3) is 11.0 Å². The Hall–Kier alpha value is -3.35. The summed E-state index contributed by atoms with van der Waals surface area (Å²) in [7, 11) is 1.54. The van der Waals surface area contributed by atoms with Crippen molar-refractivity contribution in [2.45, 2.75) is 20.4 Å². The molecule has 134 valence electrons. The number of phenols is 1. The van der Waals surface area contributed by atoms with E-state index in [1.54, 1.807) is 26.2 Å². The van der Waals surface area contributed by atoms with Crippen molar-refractivity contribution < 1.29 is 14.6 Å². The zero-order valence-electron chi connectivity index (χ0n) is 14.9. The van der Waals surface area contributed by atoms with Crippen molar-refractivity contribution in [1.29, 1.82) is 0 Å². The van der Waals surface area contributed by atoms with Gasteiger partial charge in [0.05, 0.1) is 23.9 Å². The average molecular weight is 352 g/mol. The first kappa shape index (κ1) is 17.5. The van der Waals surface area contributed by atoms with Crippen LogP contribution in [0.2, 0.25) is 0 Å². The first-order chi connectivity index (χ1) is 12.5. The van der Waals surface area contributed by atoms with Crippen LogP contribution in [0.15, 0.2) is 47.6 Å². The molecule has 2 N–H and O–H groups in total. The standard InChI is InChI=1S/C19H20N4O3/c1-12(15-10-14(26-3)8-9-18(15)24)21-22-19(25)11-23-13(2)20-16-6-4-5-7-17(16)23/h4-10,24H,11H2,1-3H3,(H,22,25)/b21-12+. The molecule has 3 aromatic rings. The Morgan fingerprint density at radius 3 is 2.85 bits per heavy atom. The summed E-state index contributed by atoms with van der Waals surface area (Å²) in [6.07, 6.45) is 0. The first-order valence-corrected chi connectivity index (χ1v) is 8.12. The number of ether oxygens (including phenoxy) is 1. The Kier molecular flexibility index (Phi) is 4.88. The van der Waals surface area contributed by atoms with Crippen LogP contribution >= 0.6 is 0 Å². The quantitative estimate of drug-likeness (QED) is 0.546. The molecule has 0 aliphatic carbocycles. The number of methoxy groups -OCH3 is 1. The number of nitrogens with one attached hydrogen (secondary N) is 1. The molecule has 0 radical (unpaired) electrons. The molecule has 1 amide bonds. The number of hydrogen-bond acceptors (Lipinski definition) is 5. The summed E-state index contributed by atoms with van der Waals surface area (Å²) in [5.74, 6) is 1.14. The summed E-state index contributed by atoms with van der Waals surface area (Å²) in [4.78, 5) is 16.7. The maximum absolute atomic E-state index is 12.3. The van der Waals surface area contributed by atoms with Crippen molar-refractivity contribution in [3.8, 4) is 11.5 Å². The lowest BCUT2D eigenvalue weighted by atomic mass is 10.1. The predicted octanol–water partition coefficient (Wildman–Crippen LogP) is 2.60. The van der Waals surface area contributed by atoms with Gasteiger partial charge < -0.3 is 14.4 Å². The van der Waals surface area contributed by atoms with E-state index in [0.29, 0.717) is 17.0 Å². The molecule has 0 spiro atoms. The summed E-state index contributed by atoms with van der Waals surface area (Å²) in [6, 6.07) is 12.5. The molecule has 0 saturated carbocycles. The average Bonchev–Trinajstić information content (AvgIpc) is 2.95. The number of aromatic nitrogens is 2. The number of rotatable bonds is 5. The number of benzene rings is 2. The van der Waals surface area contributed by atoms with Crippen molar-refractivity contribution in [3.05, 3.63) is 53.9 Å². The second-order valence-corrected chi connectivity index (χ2v) is 5.85. The monoisotopic (exact) mass is 352 g/mol. The number of hydrogen-bond donors (Lipinski definition) is 2. The number of aryl methyl sites for hydroxylation is 1. The van der Waals surface area contributed by atoms with E-state index < -0.39 is 0 Å². The van der Waals surface area contributed by atoms with Crippen LogP contribution in [0.3, 0.4) is 0 Å². The van der Waals surface area contributed by atoms with Crippen LogP contribution in [0.1, 0.15) is 18.3 Å². The number of carbonyl (C=O) groups excluding carboxylic acids is 1. The minimum absolute atomic E-state index is 0.0674.